The highest BCUT2D eigenvalue weighted by Crippen LogP contribution is 2.21. The summed E-state index contributed by atoms with van der Waals surface area (Å²) in [5.41, 5.74) is 0. The molecule has 560 valence electrons. The number of nitrogens with zero attached hydrogens (tertiary/aromatic N) is 2. The second-order valence-corrected chi connectivity index (χ2v) is 30.8. The van der Waals surface area contributed by atoms with E-state index in [1.165, 1.54) is 334 Å². The van der Waals surface area contributed by atoms with Crippen molar-refractivity contribution in [3.8, 4) is 0 Å². The van der Waals surface area contributed by atoms with Crippen LogP contribution in [-0.2, 0) is 9.59 Å². The maximum Gasteiger partial charge on any atom is 0.243 e. The Morgan fingerprint density at radius 3 is 0.574 bits per heavy atom. The van der Waals surface area contributed by atoms with Gasteiger partial charge < -0.3 is 31.1 Å². The minimum Gasteiger partial charge on any atom is -0.392 e. The van der Waals surface area contributed by atoms with Gasteiger partial charge in [0.05, 0.1) is 24.4 Å². The predicted octanol–water partition coefficient (Wildman–Crippen LogP) is 22.8. The number of rotatable bonds is 78. The molecule has 94 heavy (non-hydrogen) atoms. The van der Waals surface area contributed by atoms with E-state index in [1.807, 2.05) is 0 Å². The van der Waals surface area contributed by atoms with Crippen LogP contribution in [0.15, 0.2) is 0 Å². The van der Waals surface area contributed by atoms with E-state index in [0.717, 1.165) is 90.1 Å². The molecule has 0 aromatic heterocycles. The largest absolute Gasteiger partial charge is 0.392 e. The van der Waals surface area contributed by atoms with E-state index in [9.17, 15) is 30.0 Å². The molecule has 0 radical (unpaired) electrons. The third-order valence-corrected chi connectivity index (χ3v) is 21.1. The Labute approximate surface area is 586 Å². The Morgan fingerprint density at radius 2 is 0.404 bits per heavy atom. The quantitative estimate of drug-likeness (QED) is 0.0330. The topological polar surface area (TPSA) is 146 Å². The van der Waals surface area contributed by atoms with Gasteiger partial charge in [-0.15, -0.1) is 0 Å². The number of unbranched alkanes of at least 4 members (excludes halogenated alkanes) is 54. The van der Waals surface area contributed by atoms with Gasteiger partial charge in [-0.1, -0.05) is 387 Å². The monoisotopic (exact) mass is 1330 g/mol. The van der Waals surface area contributed by atoms with Crippen LogP contribution < -0.4 is 10.6 Å². The lowest BCUT2D eigenvalue weighted by atomic mass is 10.0. The Kier molecular flexibility index (Phi) is 69.0. The highest BCUT2D eigenvalue weighted by atomic mass is 16.3. The number of hydrogen-bond acceptors (Lipinski definition) is 8. The minimum atomic E-state index is -0.549. The average Bonchev–Trinajstić information content (AvgIpc) is 0.942. The number of carbonyl (C=O) groups is 2. The fraction of sp³-hybridized carbons (Fsp3) is 0.976. The van der Waals surface area contributed by atoms with E-state index < -0.39 is 36.5 Å². The smallest absolute Gasteiger partial charge is 0.243 e. The van der Waals surface area contributed by atoms with Gasteiger partial charge in [-0.05, 0) is 77.3 Å². The fourth-order valence-electron chi connectivity index (χ4n) is 14.8. The number of hydrogen-bond donors (Lipinski definition) is 6. The molecule has 10 nitrogen and oxygen atoms in total. The molecular formula is C84H168N4O6. The molecule has 6 unspecified atom stereocenters. The van der Waals surface area contributed by atoms with Crippen molar-refractivity contribution >= 4 is 11.8 Å². The van der Waals surface area contributed by atoms with E-state index >= 15 is 0 Å². The third-order valence-electron chi connectivity index (χ3n) is 21.1. The van der Waals surface area contributed by atoms with Crippen molar-refractivity contribution in [1.29, 1.82) is 0 Å². The summed E-state index contributed by atoms with van der Waals surface area (Å²) in [6, 6.07) is -1.10. The first kappa shape index (κ1) is 90.7. The number of amides is 2. The van der Waals surface area contributed by atoms with Gasteiger partial charge in [-0.3, -0.25) is 19.4 Å². The van der Waals surface area contributed by atoms with Crippen LogP contribution in [0.5, 0.6) is 0 Å². The lowest BCUT2D eigenvalue weighted by Gasteiger charge is -2.31. The molecule has 6 N–H and O–H groups in total. The summed E-state index contributed by atoms with van der Waals surface area (Å²) in [5.74, 6) is -0.206. The molecule has 1 rings (SSSR count). The van der Waals surface area contributed by atoms with Crippen molar-refractivity contribution in [2.75, 3.05) is 39.3 Å². The number of aliphatic hydroxyl groups excluding tert-OH is 4. The van der Waals surface area contributed by atoms with Gasteiger partial charge in [0, 0.05) is 26.2 Å². The molecule has 0 aromatic rings. The molecule has 6 atom stereocenters. The SMILES string of the molecule is CCCCCCCCCCCCCCCCC(O)CN(CCCCC1NC(=O)C(CCCCN(CC(O)CCCCCCCCCCCCCCCC)CC(O)CCCCCCCCCCCCCCCC)NC1=O)CC(O)CCCCCCCCCCCCCCCC. The van der Waals surface area contributed by atoms with Gasteiger partial charge in [0.2, 0.25) is 11.8 Å². The van der Waals surface area contributed by atoms with E-state index in [2.05, 4.69) is 48.1 Å². The number of nitrogens with one attached hydrogen (secondary N) is 2. The minimum absolute atomic E-state index is 0.103. The molecule has 0 saturated carbocycles. The molecule has 10 heteroatoms. The van der Waals surface area contributed by atoms with Gasteiger partial charge in [0.1, 0.15) is 12.1 Å². The summed E-state index contributed by atoms with van der Waals surface area (Å²) in [5, 5.41) is 51.3. The summed E-state index contributed by atoms with van der Waals surface area (Å²) >= 11 is 0. The van der Waals surface area contributed by atoms with Gasteiger partial charge in [-0.2, -0.15) is 0 Å². The van der Waals surface area contributed by atoms with Crippen molar-refractivity contribution in [2.24, 2.45) is 0 Å². The number of aliphatic hydroxyl groups is 4. The van der Waals surface area contributed by atoms with E-state index in [-0.39, 0.29) is 11.8 Å². The molecule has 1 aliphatic heterocycles. The Hall–Kier alpha value is -1.30. The first-order valence-corrected chi connectivity index (χ1v) is 42.9. The standard InChI is InChI=1S/C84H168N4O6/c1-5-9-13-17-21-25-29-33-37-41-45-49-53-57-65-77(89)73-87(74-78(90)66-58-54-50-46-42-38-34-30-26-22-18-14-10-6-2)71-63-61-69-81-83(93)86-82(84(94)85-81)70-62-64-72-88(75-79(91)67-59-55-51-47-43-39-35-31-27-23-19-15-11-7-3)76-80(92)68-60-56-52-48-44-40-36-32-28-24-20-16-12-8-4/h77-82,89-92H,5-76H2,1-4H3,(H,85,94)(H,86,93). The van der Waals surface area contributed by atoms with Crippen LogP contribution in [0.2, 0.25) is 0 Å². The number of carbonyl (C=O) groups excluding carboxylic acids is 2. The molecular weight excluding hydrogens is 1160 g/mol. The van der Waals surface area contributed by atoms with Crippen LogP contribution in [0, 0.1) is 0 Å². The molecule has 1 heterocycles. The van der Waals surface area contributed by atoms with Crippen LogP contribution >= 0.6 is 0 Å². The van der Waals surface area contributed by atoms with Crippen LogP contribution in [-0.4, -0.2) is 118 Å². The molecule has 0 aromatic carbocycles. The maximum absolute atomic E-state index is 13.5. The zero-order chi connectivity index (χ0) is 68.1. The normalized spacial score (nSPS) is 15.8. The lowest BCUT2D eigenvalue weighted by molar-refractivity contribution is -0.137. The molecule has 0 aliphatic carbocycles. The van der Waals surface area contributed by atoms with Crippen molar-refractivity contribution in [2.45, 2.75) is 488 Å². The Bertz CT molecular complexity index is 1350. The van der Waals surface area contributed by atoms with Gasteiger partial charge in [0.15, 0.2) is 0 Å². The van der Waals surface area contributed by atoms with Crippen LogP contribution in [0.4, 0.5) is 0 Å². The molecule has 1 aliphatic rings. The van der Waals surface area contributed by atoms with Crippen molar-refractivity contribution in [3.63, 3.8) is 0 Å². The van der Waals surface area contributed by atoms with Crippen molar-refractivity contribution in [3.05, 3.63) is 0 Å². The van der Waals surface area contributed by atoms with Gasteiger partial charge in [-0.25, -0.2) is 0 Å². The Balaban J connectivity index is 2.63. The summed E-state index contributed by atoms with van der Waals surface area (Å²) in [7, 11) is 0. The molecule has 2 amide bonds. The molecule has 1 saturated heterocycles. The van der Waals surface area contributed by atoms with Crippen LogP contribution in [0.3, 0.4) is 0 Å². The van der Waals surface area contributed by atoms with E-state index in [1.54, 1.807) is 0 Å². The average molecular weight is 1330 g/mol. The zero-order valence-electron chi connectivity index (χ0n) is 63.9. The van der Waals surface area contributed by atoms with Gasteiger partial charge >= 0.3 is 0 Å². The summed E-state index contributed by atoms with van der Waals surface area (Å²) in [6.45, 7) is 12.9. The van der Waals surface area contributed by atoms with Crippen molar-refractivity contribution in [1.82, 2.24) is 20.4 Å². The van der Waals surface area contributed by atoms with Gasteiger partial charge in [0.25, 0.3) is 0 Å². The highest BCUT2D eigenvalue weighted by molar-refractivity contribution is 5.96. The van der Waals surface area contributed by atoms with E-state index in [0.29, 0.717) is 39.0 Å². The maximum atomic E-state index is 13.5. The van der Waals surface area contributed by atoms with E-state index in [4.69, 9.17) is 0 Å². The predicted molar refractivity (Wildman–Crippen MR) is 408 cm³/mol. The molecule has 0 bridgehead atoms. The first-order valence-electron chi connectivity index (χ1n) is 42.9. The first-order chi connectivity index (χ1) is 46.1. The van der Waals surface area contributed by atoms with Crippen LogP contribution in [0.25, 0.3) is 0 Å². The molecule has 0 spiro atoms. The zero-order valence-corrected chi connectivity index (χ0v) is 63.9. The fourth-order valence-corrected chi connectivity index (χ4v) is 14.8. The Morgan fingerprint density at radius 1 is 0.245 bits per heavy atom. The molecule has 1 fully saturated rings. The summed E-state index contributed by atoms with van der Waals surface area (Å²) < 4.78 is 0. The number of piperazine rings is 1. The summed E-state index contributed by atoms with van der Waals surface area (Å²) in [6.07, 6.45) is 79.8. The van der Waals surface area contributed by atoms with Crippen molar-refractivity contribution < 1.29 is 30.0 Å². The lowest BCUT2D eigenvalue weighted by Crippen LogP contribution is -2.61. The van der Waals surface area contributed by atoms with Crippen LogP contribution in [0.1, 0.15) is 451 Å². The third kappa shape index (κ3) is 61.8. The second kappa shape index (κ2) is 71.5. The summed E-state index contributed by atoms with van der Waals surface area (Å²) in [4.78, 5) is 31.6. The highest BCUT2D eigenvalue weighted by Gasteiger charge is 2.33. The second-order valence-electron chi connectivity index (χ2n) is 30.8.